The standard InChI is InChI=1S/C14H19Cl2N/c1-3-9(2)17-14-7-6-12(14)11-5-4-10(15)8-13(11)16/h4-5,8-9,12,14,17H,3,6-7H2,1-2H3/t9?,12-,14-/m1/s1. The first-order valence-corrected chi connectivity index (χ1v) is 7.08. The molecule has 0 radical (unpaired) electrons. The van der Waals surface area contributed by atoms with Crippen LogP contribution < -0.4 is 5.32 Å². The van der Waals surface area contributed by atoms with Gasteiger partial charge in [0.25, 0.3) is 0 Å². The summed E-state index contributed by atoms with van der Waals surface area (Å²) in [6.07, 6.45) is 3.63. The molecule has 3 heteroatoms. The van der Waals surface area contributed by atoms with Gasteiger partial charge in [-0.2, -0.15) is 0 Å². The Morgan fingerprint density at radius 2 is 2.12 bits per heavy atom. The molecule has 0 bridgehead atoms. The highest BCUT2D eigenvalue weighted by atomic mass is 35.5. The van der Waals surface area contributed by atoms with E-state index in [4.69, 9.17) is 23.2 Å². The molecule has 1 saturated carbocycles. The molecule has 0 aliphatic heterocycles. The van der Waals surface area contributed by atoms with Crippen LogP contribution in [0.1, 0.15) is 44.6 Å². The predicted molar refractivity (Wildman–Crippen MR) is 75.1 cm³/mol. The lowest BCUT2D eigenvalue weighted by atomic mass is 9.74. The molecule has 1 aromatic rings. The Balaban J connectivity index is 2.07. The molecule has 0 amide bonds. The maximum Gasteiger partial charge on any atom is 0.0456 e. The fourth-order valence-corrected chi connectivity index (χ4v) is 2.91. The van der Waals surface area contributed by atoms with Gasteiger partial charge in [0, 0.05) is 28.0 Å². The van der Waals surface area contributed by atoms with Crippen LogP contribution in [-0.2, 0) is 0 Å². The second-order valence-electron chi connectivity index (χ2n) is 4.93. The molecular weight excluding hydrogens is 253 g/mol. The van der Waals surface area contributed by atoms with Crippen LogP contribution in [-0.4, -0.2) is 12.1 Å². The zero-order valence-corrected chi connectivity index (χ0v) is 11.9. The summed E-state index contributed by atoms with van der Waals surface area (Å²) in [5.74, 6) is 0.550. The zero-order chi connectivity index (χ0) is 12.4. The second-order valence-corrected chi connectivity index (χ2v) is 5.78. The monoisotopic (exact) mass is 271 g/mol. The molecule has 0 saturated heterocycles. The van der Waals surface area contributed by atoms with E-state index in [0.29, 0.717) is 23.0 Å². The normalized spacial score (nSPS) is 25.4. The van der Waals surface area contributed by atoms with Crippen molar-refractivity contribution in [1.82, 2.24) is 5.32 Å². The number of halogens is 2. The highest BCUT2D eigenvalue weighted by molar-refractivity contribution is 6.35. The van der Waals surface area contributed by atoms with Crippen LogP contribution in [0.25, 0.3) is 0 Å². The van der Waals surface area contributed by atoms with Crippen LogP contribution >= 0.6 is 23.2 Å². The van der Waals surface area contributed by atoms with E-state index in [2.05, 4.69) is 25.2 Å². The number of rotatable bonds is 4. The van der Waals surface area contributed by atoms with Crippen LogP contribution in [0.3, 0.4) is 0 Å². The van der Waals surface area contributed by atoms with E-state index in [-0.39, 0.29) is 0 Å². The number of hydrogen-bond acceptors (Lipinski definition) is 1. The van der Waals surface area contributed by atoms with Gasteiger partial charge in [0.2, 0.25) is 0 Å². The molecule has 1 aromatic carbocycles. The first-order chi connectivity index (χ1) is 8.11. The largest absolute Gasteiger partial charge is 0.311 e. The molecule has 1 N–H and O–H groups in total. The average molecular weight is 272 g/mol. The molecule has 17 heavy (non-hydrogen) atoms. The molecule has 1 nitrogen and oxygen atoms in total. The quantitative estimate of drug-likeness (QED) is 0.842. The van der Waals surface area contributed by atoms with Gasteiger partial charge in [-0.3, -0.25) is 0 Å². The van der Waals surface area contributed by atoms with Crippen molar-refractivity contribution in [3.63, 3.8) is 0 Å². The summed E-state index contributed by atoms with van der Waals surface area (Å²) in [7, 11) is 0. The topological polar surface area (TPSA) is 12.0 Å². The third-order valence-electron chi connectivity index (χ3n) is 3.75. The summed E-state index contributed by atoms with van der Waals surface area (Å²) in [5, 5.41) is 5.18. The number of nitrogens with one attached hydrogen (secondary N) is 1. The Bertz CT molecular complexity index is 392. The first kappa shape index (κ1) is 13.2. The summed E-state index contributed by atoms with van der Waals surface area (Å²) >= 11 is 12.2. The summed E-state index contributed by atoms with van der Waals surface area (Å²) in [6, 6.07) is 7.00. The molecule has 0 spiro atoms. The lowest BCUT2D eigenvalue weighted by Crippen LogP contribution is -2.46. The predicted octanol–water partition coefficient (Wildman–Crippen LogP) is 4.63. The highest BCUT2D eigenvalue weighted by Crippen LogP contribution is 2.41. The van der Waals surface area contributed by atoms with Gasteiger partial charge in [0.05, 0.1) is 0 Å². The van der Waals surface area contributed by atoms with Crippen LogP contribution in [0.15, 0.2) is 18.2 Å². The highest BCUT2D eigenvalue weighted by Gasteiger charge is 2.33. The number of benzene rings is 1. The Morgan fingerprint density at radius 1 is 1.35 bits per heavy atom. The molecule has 3 atom stereocenters. The van der Waals surface area contributed by atoms with E-state index in [1.807, 2.05) is 12.1 Å². The summed E-state index contributed by atoms with van der Waals surface area (Å²) in [6.45, 7) is 4.44. The average Bonchev–Trinajstić information content (AvgIpc) is 2.27. The van der Waals surface area contributed by atoms with Crippen LogP contribution in [0.5, 0.6) is 0 Å². The van der Waals surface area contributed by atoms with Gasteiger partial charge in [0.15, 0.2) is 0 Å². The van der Waals surface area contributed by atoms with Crippen LogP contribution in [0.4, 0.5) is 0 Å². The van der Waals surface area contributed by atoms with Crippen molar-refractivity contribution in [3.8, 4) is 0 Å². The maximum atomic E-state index is 6.26. The minimum absolute atomic E-state index is 0.550. The van der Waals surface area contributed by atoms with E-state index in [0.717, 1.165) is 11.4 Å². The Morgan fingerprint density at radius 3 is 2.65 bits per heavy atom. The summed E-state index contributed by atoms with van der Waals surface area (Å²) < 4.78 is 0. The van der Waals surface area contributed by atoms with E-state index in [1.54, 1.807) is 0 Å². The molecule has 0 aromatic heterocycles. The summed E-state index contributed by atoms with van der Waals surface area (Å²) in [5.41, 5.74) is 1.24. The van der Waals surface area contributed by atoms with Crippen molar-refractivity contribution < 1.29 is 0 Å². The first-order valence-electron chi connectivity index (χ1n) is 6.32. The van der Waals surface area contributed by atoms with Crippen molar-refractivity contribution in [3.05, 3.63) is 33.8 Å². The molecular formula is C14H19Cl2N. The fraction of sp³-hybridized carbons (Fsp3) is 0.571. The van der Waals surface area contributed by atoms with Gasteiger partial charge < -0.3 is 5.32 Å². The lowest BCUT2D eigenvalue weighted by Gasteiger charge is -2.40. The molecule has 1 unspecified atom stereocenters. The van der Waals surface area contributed by atoms with Crippen molar-refractivity contribution in [2.75, 3.05) is 0 Å². The molecule has 1 aliphatic carbocycles. The lowest BCUT2D eigenvalue weighted by molar-refractivity contribution is 0.260. The molecule has 1 fully saturated rings. The van der Waals surface area contributed by atoms with Crippen LogP contribution in [0.2, 0.25) is 10.0 Å². The fourth-order valence-electron chi connectivity index (χ4n) is 2.36. The zero-order valence-electron chi connectivity index (χ0n) is 10.3. The summed E-state index contributed by atoms with van der Waals surface area (Å²) in [4.78, 5) is 0. The molecule has 94 valence electrons. The third-order valence-corrected chi connectivity index (χ3v) is 4.31. The van der Waals surface area contributed by atoms with Crippen molar-refractivity contribution in [2.24, 2.45) is 0 Å². The van der Waals surface area contributed by atoms with Crippen molar-refractivity contribution in [1.29, 1.82) is 0 Å². The molecule has 1 aliphatic rings. The minimum atomic E-state index is 0.550. The van der Waals surface area contributed by atoms with Gasteiger partial charge in [-0.1, -0.05) is 36.2 Å². The van der Waals surface area contributed by atoms with Crippen LogP contribution in [0, 0.1) is 0 Å². The smallest absolute Gasteiger partial charge is 0.0456 e. The Kier molecular flexibility index (Phi) is 4.35. The van der Waals surface area contributed by atoms with Gasteiger partial charge >= 0.3 is 0 Å². The van der Waals surface area contributed by atoms with Crippen molar-refractivity contribution >= 4 is 23.2 Å². The van der Waals surface area contributed by atoms with Gasteiger partial charge in [-0.05, 0) is 43.9 Å². The van der Waals surface area contributed by atoms with Gasteiger partial charge in [-0.15, -0.1) is 0 Å². The van der Waals surface area contributed by atoms with Gasteiger partial charge in [-0.25, -0.2) is 0 Å². The maximum absolute atomic E-state index is 6.26. The van der Waals surface area contributed by atoms with E-state index >= 15 is 0 Å². The minimum Gasteiger partial charge on any atom is -0.311 e. The third kappa shape index (κ3) is 2.96. The Hall–Kier alpha value is -0.240. The van der Waals surface area contributed by atoms with E-state index < -0.39 is 0 Å². The van der Waals surface area contributed by atoms with Gasteiger partial charge in [0.1, 0.15) is 0 Å². The van der Waals surface area contributed by atoms with E-state index in [1.165, 1.54) is 18.4 Å². The SMILES string of the molecule is CCC(C)N[C@@H]1CC[C@@H]1c1ccc(Cl)cc1Cl. The molecule has 0 heterocycles. The Labute approximate surface area is 114 Å². The van der Waals surface area contributed by atoms with Crippen molar-refractivity contribution in [2.45, 2.75) is 51.1 Å². The van der Waals surface area contributed by atoms with E-state index in [9.17, 15) is 0 Å². The number of hydrogen-bond donors (Lipinski definition) is 1. The second kappa shape index (κ2) is 5.60. The molecule has 2 rings (SSSR count).